The molecule has 1 aliphatic rings. The molecule has 1 aromatic carbocycles. The van der Waals surface area contributed by atoms with Crippen LogP contribution >= 0.6 is 0 Å². The molecule has 5 nitrogen and oxygen atoms in total. The van der Waals surface area contributed by atoms with Crippen LogP contribution in [-0.2, 0) is 12.6 Å². The van der Waals surface area contributed by atoms with E-state index in [1.165, 1.54) is 18.2 Å². The van der Waals surface area contributed by atoms with E-state index in [0.717, 1.165) is 38.2 Å². The van der Waals surface area contributed by atoms with Crippen LogP contribution in [0.3, 0.4) is 0 Å². The Bertz CT molecular complexity index is 908. The van der Waals surface area contributed by atoms with Gasteiger partial charge in [-0.2, -0.15) is 18.4 Å². The SMILES string of the molecule is N#Cc1c(NC2CCCCC2)nc(Cc2ccccc2C(F)(F)F)[nH]c1=O. The number of aromatic amines is 1. The summed E-state index contributed by atoms with van der Waals surface area (Å²) < 4.78 is 39.6. The van der Waals surface area contributed by atoms with Crippen LogP contribution in [0.25, 0.3) is 0 Å². The zero-order valence-corrected chi connectivity index (χ0v) is 14.6. The van der Waals surface area contributed by atoms with Crippen molar-refractivity contribution in [3.05, 3.63) is 57.1 Å². The van der Waals surface area contributed by atoms with Crippen molar-refractivity contribution in [3.63, 3.8) is 0 Å². The highest BCUT2D eigenvalue weighted by molar-refractivity contribution is 5.51. The number of hydrogen-bond acceptors (Lipinski definition) is 4. The van der Waals surface area contributed by atoms with E-state index in [9.17, 15) is 23.2 Å². The summed E-state index contributed by atoms with van der Waals surface area (Å²) in [4.78, 5) is 18.9. The van der Waals surface area contributed by atoms with E-state index in [1.807, 2.05) is 6.07 Å². The molecule has 2 N–H and O–H groups in total. The minimum atomic E-state index is -4.49. The third-order valence-corrected chi connectivity index (χ3v) is 4.71. The van der Waals surface area contributed by atoms with E-state index in [1.54, 1.807) is 0 Å². The van der Waals surface area contributed by atoms with Gasteiger partial charge in [-0.25, -0.2) is 4.98 Å². The van der Waals surface area contributed by atoms with Gasteiger partial charge < -0.3 is 10.3 Å². The lowest BCUT2D eigenvalue weighted by atomic mass is 9.95. The normalized spacial score (nSPS) is 15.3. The number of H-pyrrole nitrogens is 1. The van der Waals surface area contributed by atoms with Gasteiger partial charge in [-0.1, -0.05) is 37.5 Å². The van der Waals surface area contributed by atoms with Crippen molar-refractivity contribution in [1.29, 1.82) is 5.26 Å². The second-order valence-corrected chi connectivity index (χ2v) is 6.66. The van der Waals surface area contributed by atoms with Crippen LogP contribution in [0.2, 0.25) is 0 Å². The lowest BCUT2D eigenvalue weighted by Crippen LogP contribution is -2.27. The van der Waals surface area contributed by atoms with E-state index in [4.69, 9.17) is 0 Å². The molecule has 142 valence electrons. The molecular formula is C19H19F3N4O. The van der Waals surface area contributed by atoms with E-state index >= 15 is 0 Å². The molecule has 0 bridgehead atoms. The Kier molecular flexibility index (Phi) is 5.49. The van der Waals surface area contributed by atoms with Crippen molar-refractivity contribution in [1.82, 2.24) is 9.97 Å². The number of rotatable bonds is 4. The Morgan fingerprint density at radius 1 is 1.22 bits per heavy atom. The van der Waals surface area contributed by atoms with E-state index in [0.29, 0.717) is 0 Å². The first-order chi connectivity index (χ1) is 12.9. The number of nitriles is 1. The van der Waals surface area contributed by atoms with Crippen molar-refractivity contribution < 1.29 is 13.2 Å². The lowest BCUT2D eigenvalue weighted by molar-refractivity contribution is -0.138. The standard InChI is InChI=1S/C19H19F3N4O/c20-19(21,22)15-9-5-4-6-12(15)10-16-25-17(14(11-23)18(27)26-16)24-13-7-2-1-3-8-13/h4-6,9,13H,1-3,7-8,10H2,(H2,24,25,26,27). The van der Waals surface area contributed by atoms with Gasteiger partial charge >= 0.3 is 6.18 Å². The second-order valence-electron chi connectivity index (χ2n) is 6.66. The Balaban J connectivity index is 1.93. The van der Waals surface area contributed by atoms with Gasteiger partial charge in [-0.15, -0.1) is 0 Å². The molecule has 0 unspecified atom stereocenters. The summed E-state index contributed by atoms with van der Waals surface area (Å²) in [5, 5.41) is 12.4. The van der Waals surface area contributed by atoms with Gasteiger partial charge in [-0.05, 0) is 24.5 Å². The topological polar surface area (TPSA) is 81.6 Å². The van der Waals surface area contributed by atoms with Crippen LogP contribution in [0, 0.1) is 11.3 Å². The Morgan fingerprint density at radius 2 is 1.93 bits per heavy atom. The highest BCUT2D eigenvalue weighted by Crippen LogP contribution is 2.32. The molecule has 0 spiro atoms. The Labute approximate surface area is 154 Å². The number of halogens is 3. The number of benzene rings is 1. The molecule has 1 aromatic heterocycles. The first-order valence-corrected chi connectivity index (χ1v) is 8.83. The van der Waals surface area contributed by atoms with Crippen molar-refractivity contribution in [2.75, 3.05) is 5.32 Å². The summed E-state index contributed by atoms with van der Waals surface area (Å²) in [6.45, 7) is 0. The first-order valence-electron chi connectivity index (χ1n) is 8.83. The number of anilines is 1. The summed E-state index contributed by atoms with van der Waals surface area (Å²) in [5.41, 5.74) is -1.54. The maximum absolute atomic E-state index is 13.2. The second kappa shape index (κ2) is 7.82. The maximum Gasteiger partial charge on any atom is 0.416 e. The van der Waals surface area contributed by atoms with Gasteiger partial charge in [0.15, 0.2) is 11.4 Å². The summed E-state index contributed by atoms with van der Waals surface area (Å²) in [6, 6.07) is 7.12. The molecule has 0 amide bonds. The van der Waals surface area contributed by atoms with Crippen LogP contribution in [0.4, 0.5) is 19.0 Å². The lowest BCUT2D eigenvalue weighted by Gasteiger charge is -2.23. The van der Waals surface area contributed by atoms with Crippen LogP contribution in [0.15, 0.2) is 29.1 Å². The summed E-state index contributed by atoms with van der Waals surface area (Å²) in [7, 11) is 0. The van der Waals surface area contributed by atoms with E-state index in [-0.39, 0.29) is 35.2 Å². The Morgan fingerprint density at radius 3 is 2.59 bits per heavy atom. The third-order valence-electron chi connectivity index (χ3n) is 4.71. The van der Waals surface area contributed by atoms with Crippen molar-refractivity contribution >= 4 is 5.82 Å². The van der Waals surface area contributed by atoms with Crippen LogP contribution in [0.1, 0.15) is 54.6 Å². The molecule has 1 fully saturated rings. The molecule has 0 aliphatic heterocycles. The minimum absolute atomic E-state index is 0.0153. The fourth-order valence-corrected chi connectivity index (χ4v) is 3.38. The van der Waals surface area contributed by atoms with Crippen LogP contribution in [0.5, 0.6) is 0 Å². The fourth-order valence-electron chi connectivity index (χ4n) is 3.38. The van der Waals surface area contributed by atoms with Crippen LogP contribution < -0.4 is 10.9 Å². The Hall–Kier alpha value is -2.82. The molecule has 1 saturated carbocycles. The monoisotopic (exact) mass is 376 g/mol. The molecule has 0 radical (unpaired) electrons. The van der Waals surface area contributed by atoms with Gasteiger partial charge in [0.25, 0.3) is 5.56 Å². The highest BCUT2D eigenvalue weighted by Gasteiger charge is 2.33. The molecule has 8 heteroatoms. The quantitative estimate of drug-likeness (QED) is 0.845. The fraction of sp³-hybridized carbons (Fsp3) is 0.421. The molecule has 27 heavy (non-hydrogen) atoms. The number of hydrogen-bond donors (Lipinski definition) is 2. The predicted octanol–water partition coefficient (Wildman–Crippen LogP) is 4.00. The van der Waals surface area contributed by atoms with Gasteiger partial charge in [0, 0.05) is 12.5 Å². The summed E-state index contributed by atoms with van der Waals surface area (Å²) in [6.07, 6.45) is 0.383. The van der Waals surface area contributed by atoms with Gasteiger partial charge in [0.1, 0.15) is 11.9 Å². The van der Waals surface area contributed by atoms with Crippen molar-refractivity contribution in [3.8, 4) is 6.07 Å². The van der Waals surface area contributed by atoms with Gasteiger partial charge in [0.05, 0.1) is 5.56 Å². The third kappa shape index (κ3) is 4.48. The average Bonchev–Trinajstić information content (AvgIpc) is 2.62. The molecule has 1 heterocycles. The van der Waals surface area contributed by atoms with E-state index in [2.05, 4.69) is 15.3 Å². The zero-order valence-electron chi connectivity index (χ0n) is 14.6. The largest absolute Gasteiger partial charge is 0.416 e. The predicted molar refractivity (Wildman–Crippen MR) is 94.3 cm³/mol. The van der Waals surface area contributed by atoms with Gasteiger partial charge in [-0.3, -0.25) is 4.79 Å². The smallest absolute Gasteiger partial charge is 0.366 e. The molecule has 0 atom stereocenters. The maximum atomic E-state index is 13.2. The molecule has 1 aliphatic carbocycles. The van der Waals surface area contributed by atoms with Crippen LogP contribution in [-0.4, -0.2) is 16.0 Å². The van der Waals surface area contributed by atoms with Gasteiger partial charge in [0.2, 0.25) is 0 Å². The molecule has 2 aromatic rings. The van der Waals surface area contributed by atoms with Crippen molar-refractivity contribution in [2.45, 2.75) is 50.7 Å². The summed E-state index contributed by atoms with van der Waals surface area (Å²) >= 11 is 0. The number of nitrogens with one attached hydrogen (secondary N) is 2. The number of aromatic nitrogens is 2. The number of nitrogens with zero attached hydrogens (tertiary/aromatic N) is 2. The molecule has 0 saturated heterocycles. The number of alkyl halides is 3. The minimum Gasteiger partial charge on any atom is -0.366 e. The van der Waals surface area contributed by atoms with Crippen molar-refractivity contribution in [2.24, 2.45) is 0 Å². The zero-order chi connectivity index (χ0) is 19.4. The first kappa shape index (κ1) is 19.0. The highest BCUT2D eigenvalue weighted by atomic mass is 19.4. The molecule has 3 rings (SSSR count). The summed E-state index contributed by atoms with van der Waals surface area (Å²) in [5.74, 6) is 0.238. The molecular weight excluding hydrogens is 357 g/mol. The average molecular weight is 376 g/mol. The van der Waals surface area contributed by atoms with E-state index < -0.39 is 17.3 Å².